The van der Waals surface area contributed by atoms with Gasteiger partial charge in [-0.2, -0.15) is 0 Å². The largest absolute Gasteiger partial charge is 0.147 e. The molecule has 0 fully saturated rings. The van der Waals surface area contributed by atoms with Crippen LogP contribution in [0.5, 0.6) is 0 Å². The van der Waals surface area contributed by atoms with Crippen LogP contribution in [0.3, 0.4) is 0 Å². The van der Waals surface area contributed by atoms with Crippen molar-refractivity contribution in [1.29, 1.82) is 0 Å². The van der Waals surface area contributed by atoms with Crippen LogP contribution in [0.1, 0.15) is 19.3 Å². The smallest absolute Gasteiger partial charge is 0.147 e. The van der Waals surface area contributed by atoms with Crippen molar-refractivity contribution in [2.24, 2.45) is 0 Å². The fourth-order valence-electron chi connectivity index (χ4n) is 2.29. The molecule has 0 aromatic heterocycles. The first-order chi connectivity index (χ1) is 7.97. The van der Waals surface area contributed by atoms with Gasteiger partial charge in [0.1, 0.15) is 0 Å². The topological polar surface area (TPSA) is 0 Å². The second-order valence-electron chi connectivity index (χ2n) is 5.33. The number of halogens is 3. The van der Waals surface area contributed by atoms with Crippen LogP contribution in [0, 0.1) is 0 Å². The van der Waals surface area contributed by atoms with Crippen molar-refractivity contribution in [3.63, 3.8) is 0 Å². The molecule has 0 radical (unpaired) electrons. The monoisotopic (exact) mass is 411 g/mol. The van der Waals surface area contributed by atoms with Gasteiger partial charge in [0.15, 0.2) is 0 Å². The first-order valence-corrected chi connectivity index (χ1v) is 11.6. The molecule has 0 aliphatic heterocycles. The van der Waals surface area contributed by atoms with Gasteiger partial charge in [-0.15, -0.1) is 24.8 Å². The number of rotatable bonds is 4. The third-order valence-electron chi connectivity index (χ3n) is 3.27. The maximum atomic E-state index is 6.42. The van der Waals surface area contributed by atoms with E-state index in [1.54, 1.807) is 33.6 Å². The molecule has 2 rings (SSSR count). The second-order valence-corrected chi connectivity index (χ2v) is 13.8. The molecule has 19 heavy (non-hydrogen) atoms. The van der Waals surface area contributed by atoms with Gasteiger partial charge >= 0.3 is 126 Å². The number of hydrogen-bond donors (Lipinski definition) is 0. The predicted octanol–water partition coefficient (Wildman–Crippen LogP) is 5.68. The molecule has 2 aliphatic carbocycles. The summed E-state index contributed by atoms with van der Waals surface area (Å²) in [6.07, 6.45) is 12.7. The Morgan fingerprint density at radius 2 is 1.79 bits per heavy atom. The fourth-order valence-corrected chi connectivity index (χ4v) is 4.30. The number of allylic oxidation sites excluding steroid dienone is 8. The van der Waals surface area contributed by atoms with Gasteiger partial charge in [-0.25, -0.2) is 0 Å². The molecule has 0 aromatic rings. The minimum Gasteiger partial charge on any atom is -0.147 e. The van der Waals surface area contributed by atoms with Gasteiger partial charge in [-0.3, -0.25) is 0 Å². The van der Waals surface area contributed by atoms with E-state index < -0.39 is 7.38 Å². The molecular weight excluding hydrogens is 394 g/mol. The van der Waals surface area contributed by atoms with Crippen LogP contribution in [0.25, 0.3) is 0 Å². The maximum absolute atomic E-state index is 6.42. The Morgan fingerprint density at radius 1 is 1.16 bits per heavy atom. The summed E-state index contributed by atoms with van der Waals surface area (Å²) >= 11 is 7.98. The molecule has 0 N–H and O–H groups in total. The van der Waals surface area contributed by atoms with Crippen LogP contribution in [-0.2, 0) is 24.7 Å². The van der Waals surface area contributed by atoms with E-state index in [9.17, 15) is 0 Å². The minimum absolute atomic E-state index is 0. The van der Waals surface area contributed by atoms with Crippen LogP contribution in [0.2, 0.25) is 19.1 Å². The van der Waals surface area contributed by atoms with E-state index in [-0.39, 0.29) is 24.8 Å². The second kappa shape index (κ2) is 8.39. The average Bonchev–Trinajstić information content (AvgIpc) is 2.81. The molecule has 0 amide bonds. The summed E-state index contributed by atoms with van der Waals surface area (Å²) in [5.41, 5.74) is 4.63. The summed E-state index contributed by atoms with van der Waals surface area (Å²) in [5, 5.41) is 0. The van der Waals surface area contributed by atoms with Gasteiger partial charge in [0.2, 0.25) is 0 Å². The molecule has 2 aliphatic rings. The van der Waals surface area contributed by atoms with Gasteiger partial charge in [0.25, 0.3) is 0 Å². The molecular formula is C14H20Cl3SiZr. The Hall–Kier alpha value is 0.930. The first kappa shape index (κ1) is 19.9. The fraction of sp³-hybridized carbons (Fsp3) is 0.429. The van der Waals surface area contributed by atoms with Crippen molar-refractivity contribution in [2.75, 3.05) is 0 Å². The quantitative estimate of drug-likeness (QED) is 0.410. The standard InChI is InChI=1S/C14H18ClSi.2ClH.Zr/c1-16(2,15)11-10-13-8-5-9-14(13)12-6-3-4-7-12;;;/h3,5-6,8H,4,9-11H2,1-2H3;2*1H;. The third kappa shape index (κ3) is 5.67. The summed E-state index contributed by atoms with van der Waals surface area (Å²) in [6, 6.07) is 1.18. The van der Waals surface area contributed by atoms with Crippen LogP contribution in [0.15, 0.2) is 44.3 Å². The van der Waals surface area contributed by atoms with E-state index in [0.29, 0.717) is 0 Å². The Labute approximate surface area is 149 Å². The van der Waals surface area contributed by atoms with Gasteiger partial charge in [0, 0.05) is 0 Å². The molecule has 0 spiro atoms. The zero-order valence-corrected chi connectivity index (χ0v) is 17.2. The van der Waals surface area contributed by atoms with Crippen molar-refractivity contribution in [2.45, 2.75) is 38.4 Å². The maximum Gasteiger partial charge on any atom is -0.147 e. The van der Waals surface area contributed by atoms with Gasteiger partial charge < -0.3 is 0 Å². The van der Waals surface area contributed by atoms with Crippen LogP contribution < -0.4 is 0 Å². The molecule has 0 saturated heterocycles. The van der Waals surface area contributed by atoms with Gasteiger partial charge in [-0.05, 0) is 0 Å². The van der Waals surface area contributed by atoms with Crippen LogP contribution >= 0.6 is 35.9 Å². The van der Waals surface area contributed by atoms with Crippen molar-refractivity contribution < 1.29 is 24.7 Å². The van der Waals surface area contributed by atoms with E-state index in [2.05, 4.69) is 37.4 Å². The van der Waals surface area contributed by atoms with E-state index in [1.807, 2.05) is 0 Å². The third-order valence-corrected chi connectivity index (χ3v) is 6.44. The molecule has 5 heteroatoms. The molecule has 0 nitrogen and oxygen atoms in total. The van der Waals surface area contributed by atoms with Crippen molar-refractivity contribution in [3.8, 4) is 0 Å². The Morgan fingerprint density at radius 3 is 2.32 bits per heavy atom. The minimum atomic E-state index is -1.44. The summed E-state index contributed by atoms with van der Waals surface area (Å²) in [6.45, 7) is 4.47. The summed E-state index contributed by atoms with van der Waals surface area (Å²) in [7, 11) is -1.44. The molecule has 0 atom stereocenters. The normalized spacial score (nSPS) is 17.8. The number of hydrogen-bond acceptors (Lipinski definition) is 0. The average molecular weight is 414 g/mol. The Balaban J connectivity index is 0.00000162. The van der Waals surface area contributed by atoms with Crippen LogP contribution in [0.4, 0.5) is 0 Å². The Kier molecular flexibility index (Phi) is 8.80. The first-order valence-electron chi connectivity index (χ1n) is 6.16. The van der Waals surface area contributed by atoms with E-state index >= 15 is 0 Å². The van der Waals surface area contributed by atoms with Crippen molar-refractivity contribution in [3.05, 3.63) is 44.3 Å². The van der Waals surface area contributed by atoms with Gasteiger partial charge in [0.05, 0.1) is 0 Å². The SMILES string of the molecule is C[Si](C)(Cl)CCC1=C(C2=[C]([Zr])CC=C2)CC=C1.Cl.Cl. The summed E-state index contributed by atoms with van der Waals surface area (Å²) in [4.78, 5) is 0. The zero-order chi connectivity index (χ0) is 12.5. The van der Waals surface area contributed by atoms with E-state index in [0.717, 1.165) is 12.8 Å². The molecule has 105 valence electrons. The van der Waals surface area contributed by atoms with Crippen LogP contribution in [-0.4, -0.2) is 7.38 Å². The van der Waals surface area contributed by atoms with E-state index in [1.165, 1.54) is 23.6 Å². The zero-order valence-electron chi connectivity index (χ0n) is 11.3. The molecule has 0 unspecified atom stereocenters. The summed E-state index contributed by atoms with van der Waals surface area (Å²) < 4.78 is 1.61. The Bertz CT molecular complexity index is 442. The molecule has 0 heterocycles. The predicted molar refractivity (Wildman–Crippen MR) is 88.8 cm³/mol. The van der Waals surface area contributed by atoms with Gasteiger partial charge in [-0.1, -0.05) is 0 Å². The van der Waals surface area contributed by atoms with Crippen molar-refractivity contribution in [1.82, 2.24) is 0 Å². The van der Waals surface area contributed by atoms with E-state index in [4.69, 9.17) is 11.1 Å². The summed E-state index contributed by atoms with van der Waals surface area (Å²) in [5.74, 6) is 0. The molecule has 0 aromatic carbocycles. The van der Waals surface area contributed by atoms with Crippen molar-refractivity contribution >= 4 is 43.3 Å². The molecule has 0 bridgehead atoms. The molecule has 0 saturated carbocycles.